The minimum atomic E-state index is -3.50. The third-order valence-corrected chi connectivity index (χ3v) is 11.9. The molecule has 0 unspecified atom stereocenters. The number of hydrogen-bond donors (Lipinski definition) is 1. The molecule has 1 aliphatic rings. The smallest absolute Gasteiger partial charge is 0.180 e. The van der Waals surface area contributed by atoms with Gasteiger partial charge in [0.25, 0.3) is 0 Å². The number of sulfone groups is 1. The molecule has 3 rings (SSSR count). The van der Waals surface area contributed by atoms with Crippen molar-refractivity contribution in [3.05, 3.63) is 53.6 Å². The Hall–Kier alpha value is -2.17. The van der Waals surface area contributed by atoms with Gasteiger partial charge in [0.2, 0.25) is 0 Å². The molecule has 0 radical (unpaired) electrons. The van der Waals surface area contributed by atoms with Crippen molar-refractivity contribution in [2.24, 2.45) is 0 Å². The molecule has 0 saturated carbocycles. The Morgan fingerprint density at radius 3 is 1.98 bits per heavy atom. The predicted octanol–water partition coefficient (Wildman–Crippen LogP) is 6.63. The molecule has 0 aromatic heterocycles. The molecule has 0 aliphatic carbocycles. The number of quaternary nitrogens is 1. The number of likely N-dealkylation sites (N-methyl/N-ethyl adjacent to an activating group) is 1. The summed E-state index contributed by atoms with van der Waals surface area (Å²) in [5.74, 6) is 0.885. The molecule has 2 aromatic carbocycles. The maximum absolute atomic E-state index is 14.0. The summed E-state index contributed by atoms with van der Waals surface area (Å²) in [6, 6.07) is 13.6. The summed E-state index contributed by atoms with van der Waals surface area (Å²) >= 11 is 0. The number of fused-ring (bicyclic) bond motifs is 1. The Kier molecular flexibility index (Phi) is 15.3. The lowest BCUT2D eigenvalue weighted by atomic mass is 9.86. The van der Waals surface area contributed by atoms with Gasteiger partial charge in [-0.2, -0.15) is 0 Å². The van der Waals surface area contributed by atoms with Crippen LogP contribution in [-0.4, -0.2) is 97.5 Å². The third-order valence-electron chi connectivity index (χ3n) is 9.89. The molecule has 2 aromatic rings. The maximum atomic E-state index is 14.0. The molecule has 9 heteroatoms. The number of rotatable bonds is 21. The maximum Gasteiger partial charge on any atom is 0.180 e. The van der Waals surface area contributed by atoms with Crippen LogP contribution in [0.25, 0.3) is 0 Å². The van der Waals surface area contributed by atoms with Crippen LogP contribution in [0.5, 0.6) is 5.75 Å². The van der Waals surface area contributed by atoms with Crippen molar-refractivity contribution in [3.8, 4) is 5.75 Å². The highest BCUT2D eigenvalue weighted by molar-refractivity contribution is 7.91. The number of hydrogen-bond acceptors (Lipinski definition) is 7. The van der Waals surface area contributed by atoms with E-state index < -0.39 is 15.4 Å². The Bertz CT molecular complexity index is 1260. The Morgan fingerprint density at radius 1 is 0.826 bits per heavy atom. The molecular formula is C37H62N3O5S+. The molecule has 46 heavy (non-hydrogen) atoms. The average Bonchev–Trinajstić information content (AvgIpc) is 3.16. The van der Waals surface area contributed by atoms with E-state index in [4.69, 9.17) is 14.2 Å². The molecule has 1 atom stereocenters. The van der Waals surface area contributed by atoms with Crippen LogP contribution in [0.4, 0.5) is 5.69 Å². The van der Waals surface area contributed by atoms with Crippen molar-refractivity contribution in [1.29, 1.82) is 0 Å². The number of nitrogens with zero attached hydrogens (tertiary/aromatic N) is 2. The lowest BCUT2D eigenvalue weighted by Gasteiger charge is -2.37. The van der Waals surface area contributed by atoms with Gasteiger partial charge in [-0.05, 0) is 75.1 Å². The molecule has 1 N–H and O–H groups in total. The molecule has 0 spiro atoms. The lowest BCUT2D eigenvalue weighted by molar-refractivity contribution is -0.923. The second-order valence-electron chi connectivity index (χ2n) is 13.1. The van der Waals surface area contributed by atoms with E-state index in [0.717, 1.165) is 98.4 Å². The van der Waals surface area contributed by atoms with Crippen molar-refractivity contribution < 1.29 is 27.1 Å². The highest BCUT2D eigenvalue weighted by Gasteiger charge is 2.42. The third kappa shape index (κ3) is 10.4. The van der Waals surface area contributed by atoms with Gasteiger partial charge in [-0.25, -0.2) is 8.42 Å². The summed E-state index contributed by atoms with van der Waals surface area (Å²) in [4.78, 5) is 2.46. The first-order valence-corrected chi connectivity index (χ1v) is 19.3. The largest absolute Gasteiger partial charge is 0.491 e. The number of benzene rings is 2. The van der Waals surface area contributed by atoms with E-state index in [-0.39, 0.29) is 11.8 Å². The van der Waals surface area contributed by atoms with Crippen LogP contribution in [-0.2, 0) is 19.3 Å². The van der Waals surface area contributed by atoms with Crippen LogP contribution in [0.3, 0.4) is 0 Å². The molecule has 0 fully saturated rings. The highest BCUT2D eigenvalue weighted by Crippen LogP contribution is 2.40. The fourth-order valence-corrected chi connectivity index (χ4v) is 8.66. The minimum absolute atomic E-state index is 0.118. The van der Waals surface area contributed by atoms with Crippen LogP contribution < -0.4 is 15.0 Å². The van der Waals surface area contributed by atoms with Crippen molar-refractivity contribution >= 4 is 15.5 Å². The van der Waals surface area contributed by atoms with E-state index in [1.165, 1.54) is 0 Å². The topological polar surface area (TPSA) is 77.1 Å². The molecule has 0 bridgehead atoms. The van der Waals surface area contributed by atoms with E-state index in [0.29, 0.717) is 31.3 Å². The van der Waals surface area contributed by atoms with E-state index in [2.05, 4.69) is 52.1 Å². The van der Waals surface area contributed by atoms with E-state index in [9.17, 15) is 8.42 Å². The first-order chi connectivity index (χ1) is 22.1. The molecule has 1 aliphatic heterocycles. The van der Waals surface area contributed by atoms with Crippen LogP contribution in [0, 0.1) is 0 Å². The second kappa shape index (κ2) is 18.4. The zero-order valence-corrected chi connectivity index (χ0v) is 30.6. The van der Waals surface area contributed by atoms with E-state index in [1.54, 1.807) is 6.07 Å². The fraction of sp³-hybridized carbons (Fsp3) is 0.676. The zero-order chi connectivity index (χ0) is 33.6. The van der Waals surface area contributed by atoms with Crippen LogP contribution in [0.1, 0.15) is 90.3 Å². The van der Waals surface area contributed by atoms with Crippen molar-refractivity contribution in [1.82, 2.24) is 5.32 Å². The van der Waals surface area contributed by atoms with E-state index >= 15 is 0 Å². The molecule has 260 valence electrons. The molecule has 0 amide bonds. The van der Waals surface area contributed by atoms with Crippen molar-refractivity contribution in [3.63, 3.8) is 0 Å². The van der Waals surface area contributed by atoms with Gasteiger partial charge in [-0.3, -0.25) is 5.32 Å². The minimum Gasteiger partial charge on any atom is -0.491 e. The number of ether oxygens (including phenoxy) is 3. The summed E-state index contributed by atoms with van der Waals surface area (Å²) in [5, 5.41) is 3.94. The highest BCUT2D eigenvalue weighted by atomic mass is 32.2. The van der Waals surface area contributed by atoms with Crippen molar-refractivity contribution in [2.45, 2.75) is 89.6 Å². The van der Waals surface area contributed by atoms with Gasteiger partial charge in [-0.1, -0.05) is 51.7 Å². The second-order valence-corrected chi connectivity index (χ2v) is 15.1. The predicted molar refractivity (Wildman–Crippen MR) is 190 cm³/mol. The molecule has 1 heterocycles. The van der Waals surface area contributed by atoms with Crippen LogP contribution >= 0.6 is 0 Å². The zero-order valence-electron chi connectivity index (χ0n) is 29.8. The summed E-state index contributed by atoms with van der Waals surface area (Å²) in [6.45, 7) is 18.4. The van der Waals surface area contributed by atoms with Gasteiger partial charge in [0.15, 0.2) is 9.84 Å². The molecule has 8 nitrogen and oxygen atoms in total. The van der Waals surface area contributed by atoms with Gasteiger partial charge in [0.05, 0.1) is 62.8 Å². The van der Waals surface area contributed by atoms with Crippen molar-refractivity contribution in [2.75, 3.05) is 84.0 Å². The first kappa shape index (κ1) is 38.3. The van der Waals surface area contributed by atoms with E-state index in [1.807, 2.05) is 43.3 Å². The van der Waals surface area contributed by atoms with Crippen LogP contribution in [0.2, 0.25) is 0 Å². The average molecular weight is 661 g/mol. The van der Waals surface area contributed by atoms with Gasteiger partial charge in [0, 0.05) is 25.3 Å². The van der Waals surface area contributed by atoms with Crippen LogP contribution in [0.15, 0.2) is 47.4 Å². The van der Waals surface area contributed by atoms with Gasteiger partial charge >= 0.3 is 0 Å². The Balaban J connectivity index is 1.68. The lowest BCUT2D eigenvalue weighted by Crippen LogP contribution is -2.50. The fourth-order valence-electron chi connectivity index (χ4n) is 6.60. The Morgan fingerprint density at radius 2 is 1.41 bits per heavy atom. The summed E-state index contributed by atoms with van der Waals surface area (Å²) in [5.41, 5.74) is 2.34. The number of anilines is 1. The van der Waals surface area contributed by atoms with Gasteiger partial charge in [-0.15, -0.1) is 0 Å². The standard InChI is InChI=1S/C37H62N3O5S/c1-8-13-21-37(22-14-9-2)30-46(41,42)35-20-17-32(39(6)7)29-34(35)36(38-37)31-15-18-33(19-16-31)45-28-27-44-26-25-43-24-23-40(10-3,11-4)12-5/h15-20,29,36,38H,8-14,21-28,30H2,1-7H3/q+1/t36-/m1/s1. The molecule has 0 saturated heterocycles. The molecular weight excluding hydrogens is 598 g/mol. The number of unbranched alkanes of at least 4 members (excludes halogenated alkanes) is 2. The number of nitrogens with one attached hydrogen (secondary N) is 1. The SMILES string of the molecule is CCCCC1(CCCC)CS(=O)(=O)c2ccc(N(C)C)cc2[C@@H](c2ccc(OCCOCCOCC[N+](CC)(CC)CC)cc2)N1. The normalized spacial score (nSPS) is 17.3. The quantitative estimate of drug-likeness (QED) is 0.119. The summed E-state index contributed by atoms with van der Waals surface area (Å²) < 4.78 is 46.6. The monoisotopic (exact) mass is 660 g/mol. The summed E-state index contributed by atoms with van der Waals surface area (Å²) in [6.07, 6.45) is 5.67. The van der Waals surface area contributed by atoms with Gasteiger partial charge < -0.3 is 23.6 Å². The Labute approximate surface area is 280 Å². The van der Waals surface area contributed by atoms with Gasteiger partial charge in [0.1, 0.15) is 18.9 Å². The first-order valence-electron chi connectivity index (χ1n) is 17.6. The summed E-state index contributed by atoms with van der Waals surface area (Å²) in [7, 11) is 0.470.